The lowest BCUT2D eigenvalue weighted by Gasteiger charge is -2.27. The normalized spacial score (nSPS) is 16.4. The predicted molar refractivity (Wildman–Crippen MR) is 104 cm³/mol. The summed E-state index contributed by atoms with van der Waals surface area (Å²) >= 11 is 0. The van der Waals surface area contributed by atoms with E-state index < -0.39 is 0 Å². The van der Waals surface area contributed by atoms with E-state index in [0.717, 1.165) is 37.3 Å². The topological polar surface area (TPSA) is 68.1 Å². The molecule has 1 amide bonds. The summed E-state index contributed by atoms with van der Waals surface area (Å²) in [4.78, 5) is 25.4. The molecule has 6 heteroatoms. The van der Waals surface area contributed by atoms with E-state index in [1.54, 1.807) is 9.36 Å². The third-order valence-corrected chi connectivity index (χ3v) is 5.51. The zero-order chi connectivity index (χ0) is 18.7. The molecule has 2 N–H and O–H groups in total. The molecule has 1 aliphatic heterocycles. The molecule has 26 heavy (non-hydrogen) atoms. The van der Waals surface area contributed by atoms with E-state index in [9.17, 15) is 9.59 Å². The van der Waals surface area contributed by atoms with Gasteiger partial charge in [-0.1, -0.05) is 25.1 Å². The number of carbonyl (C=O) groups excluding carboxylic acids is 1. The first-order valence-corrected chi connectivity index (χ1v) is 9.33. The fraction of sp³-hybridized carbons (Fsp3) is 0.500. The van der Waals surface area contributed by atoms with Crippen LogP contribution in [0.25, 0.3) is 5.69 Å². The second-order valence-corrected chi connectivity index (χ2v) is 7.25. The summed E-state index contributed by atoms with van der Waals surface area (Å²) in [5.74, 6) is 0.805. The van der Waals surface area contributed by atoms with Gasteiger partial charge in [0.15, 0.2) is 0 Å². The Morgan fingerprint density at radius 2 is 1.92 bits per heavy atom. The Morgan fingerprint density at radius 1 is 1.27 bits per heavy atom. The van der Waals surface area contributed by atoms with E-state index >= 15 is 0 Å². The molecular weight excluding hydrogens is 328 g/mol. The van der Waals surface area contributed by atoms with Gasteiger partial charge in [-0.25, -0.2) is 4.68 Å². The summed E-state index contributed by atoms with van der Waals surface area (Å²) in [5, 5.41) is 6.23. The second-order valence-electron chi connectivity index (χ2n) is 7.25. The highest BCUT2D eigenvalue weighted by atomic mass is 16.2. The summed E-state index contributed by atoms with van der Waals surface area (Å²) in [7, 11) is 1.83. The maximum Gasteiger partial charge on any atom is 0.295 e. The molecule has 1 saturated heterocycles. The average Bonchev–Trinajstić information content (AvgIpc) is 2.86. The molecule has 0 radical (unpaired) electrons. The molecule has 2 heterocycles. The van der Waals surface area contributed by atoms with Crippen LogP contribution in [0.3, 0.4) is 0 Å². The van der Waals surface area contributed by atoms with Crippen LogP contribution >= 0.6 is 0 Å². The van der Waals surface area contributed by atoms with Gasteiger partial charge in [0, 0.05) is 13.5 Å². The number of hydrogen-bond donors (Lipinski definition) is 2. The third kappa shape index (κ3) is 3.75. The summed E-state index contributed by atoms with van der Waals surface area (Å²) in [5.41, 5.74) is 1.71. The molecule has 0 saturated carbocycles. The molecule has 1 aromatic carbocycles. The van der Waals surface area contributed by atoms with Gasteiger partial charge in [0.05, 0.1) is 11.4 Å². The second kappa shape index (κ2) is 7.91. The largest absolute Gasteiger partial charge is 0.320 e. The monoisotopic (exact) mass is 356 g/mol. The maximum absolute atomic E-state index is 12.9. The number of nitrogens with one attached hydrogen (secondary N) is 2. The lowest BCUT2D eigenvalue weighted by Crippen LogP contribution is -2.32. The Balaban J connectivity index is 1.75. The van der Waals surface area contributed by atoms with Gasteiger partial charge in [-0.3, -0.25) is 14.3 Å². The molecule has 140 valence electrons. The number of para-hydroxylation sites is 1. The van der Waals surface area contributed by atoms with Crippen LogP contribution in [-0.2, 0) is 11.8 Å². The highest BCUT2D eigenvalue weighted by Crippen LogP contribution is 2.25. The molecule has 2 aromatic rings. The molecule has 0 spiro atoms. The molecule has 0 aliphatic carbocycles. The maximum atomic E-state index is 12.9. The van der Waals surface area contributed by atoms with Crippen molar-refractivity contribution in [3.05, 3.63) is 46.4 Å². The van der Waals surface area contributed by atoms with E-state index in [4.69, 9.17) is 0 Å². The fourth-order valence-electron chi connectivity index (χ4n) is 3.78. The number of nitrogens with zero attached hydrogens (tertiary/aromatic N) is 2. The number of hydrogen-bond acceptors (Lipinski definition) is 3. The highest BCUT2D eigenvalue weighted by molar-refractivity contribution is 5.91. The highest BCUT2D eigenvalue weighted by Gasteiger charge is 2.24. The van der Waals surface area contributed by atoms with E-state index in [2.05, 4.69) is 17.6 Å². The Morgan fingerprint density at radius 3 is 2.58 bits per heavy atom. The smallest absolute Gasteiger partial charge is 0.295 e. The number of benzene rings is 1. The van der Waals surface area contributed by atoms with E-state index in [1.807, 2.05) is 44.3 Å². The first-order valence-electron chi connectivity index (χ1n) is 9.33. The van der Waals surface area contributed by atoms with Crippen molar-refractivity contribution >= 4 is 11.6 Å². The van der Waals surface area contributed by atoms with Crippen molar-refractivity contribution in [1.82, 2.24) is 14.7 Å². The number of carbonyl (C=O) groups is 1. The molecule has 0 bridgehead atoms. The summed E-state index contributed by atoms with van der Waals surface area (Å²) in [6.45, 7) is 6.04. The Bertz CT molecular complexity index is 816. The van der Waals surface area contributed by atoms with Gasteiger partial charge >= 0.3 is 0 Å². The van der Waals surface area contributed by atoms with Crippen molar-refractivity contribution in [3.8, 4) is 5.69 Å². The molecule has 3 rings (SSSR count). The minimum atomic E-state index is -0.195. The van der Waals surface area contributed by atoms with Crippen molar-refractivity contribution < 1.29 is 4.79 Å². The molecule has 1 atom stereocenters. The molecule has 1 aliphatic rings. The van der Waals surface area contributed by atoms with Crippen LogP contribution in [0, 0.1) is 18.8 Å². The summed E-state index contributed by atoms with van der Waals surface area (Å²) in [6.07, 6.45) is 2.67. The van der Waals surface area contributed by atoms with E-state index in [0.29, 0.717) is 23.9 Å². The van der Waals surface area contributed by atoms with Gasteiger partial charge in [0.25, 0.3) is 5.56 Å². The van der Waals surface area contributed by atoms with Gasteiger partial charge < -0.3 is 10.6 Å². The lowest BCUT2D eigenvalue weighted by atomic mass is 9.84. The number of anilines is 1. The number of amides is 1. The molecule has 6 nitrogen and oxygen atoms in total. The Labute approximate surface area is 154 Å². The summed E-state index contributed by atoms with van der Waals surface area (Å²) < 4.78 is 3.37. The molecular formula is C20H28N4O2. The quantitative estimate of drug-likeness (QED) is 0.865. The van der Waals surface area contributed by atoms with Gasteiger partial charge in [-0.05, 0) is 56.8 Å². The summed E-state index contributed by atoms with van der Waals surface area (Å²) in [6, 6.07) is 9.46. The zero-order valence-corrected chi connectivity index (χ0v) is 15.8. The minimum absolute atomic E-state index is 0.0814. The van der Waals surface area contributed by atoms with Crippen LogP contribution in [0.4, 0.5) is 5.69 Å². The van der Waals surface area contributed by atoms with Crippen molar-refractivity contribution in [2.45, 2.75) is 33.1 Å². The standard InChI is InChI=1S/C20H28N4O2/c1-14(16-9-11-21-12-10-16)13-18(25)22-19-15(2)23(3)24(20(19)26)17-7-5-4-6-8-17/h4-8,14,16,21H,9-13H2,1-3H3,(H,22,25). The molecule has 1 fully saturated rings. The van der Waals surface area contributed by atoms with Crippen molar-refractivity contribution in [3.63, 3.8) is 0 Å². The van der Waals surface area contributed by atoms with Crippen LogP contribution in [-0.4, -0.2) is 28.4 Å². The molecule has 1 unspecified atom stereocenters. The van der Waals surface area contributed by atoms with Crippen LogP contribution in [0.5, 0.6) is 0 Å². The zero-order valence-electron chi connectivity index (χ0n) is 15.8. The Kier molecular flexibility index (Phi) is 5.61. The number of piperidine rings is 1. The van der Waals surface area contributed by atoms with Crippen molar-refractivity contribution in [1.29, 1.82) is 0 Å². The van der Waals surface area contributed by atoms with Gasteiger partial charge in [-0.15, -0.1) is 0 Å². The SMILES string of the molecule is Cc1c(NC(=O)CC(C)C2CCNCC2)c(=O)n(-c2ccccc2)n1C. The third-order valence-electron chi connectivity index (χ3n) is 5.51. The van der Waals surface area contributed by atoms with E-state index in [-0.39, 0.29) is 11.5 Å². The van der Waals surface area contributed by atoms with Gasteiger partial charge in [0.2, 0.25) is 5.91 Å². The Hall–Kier alpha value is -2.34. The predicted octanol–water partition coefficient (Wildman–Crippen LogP) is 2.45. The first kappa shape index (κ1) is 18.5. The van der Waals surface area contributed by atoms with Crippen LogP contribution in [0.15, 0.2) is 35.1 Å². The van der Waals surface area contributed by atoms with Crippen LogP contribution < -0.4 is 16.2 Å². The van der Waals surface area contributed by atoms with Crippen molar-refractivity contribution in [2.24, 2.45) is 18.9 Å². The fourth-order valence-corrected chi connectivity index (χ4v) is 3.78. The number of aromatic nitrogens is 2. The van der Waals surface area contributed by atoms with E-state index in [1.165, 1.54) is 0 Å². The minimum Gasteiger partial charge on any atom is -0.320 e. The van der Waals surface area contributed by atoms with Crippen LogP contribution in [0.1, 0.15) is 31.9 Å². The number of rotatable bonds is 5. The first-order chi connectivity index (χ1) is 12.5. The van der Waals surface area contributed by atoms with Crippen molar-refractivity contribution in [2.75, 3.05) is 18.4 Å². The lowest BCUT2D eigenvalue weighted by molar-refractivity contribution is -0.117. The van der Waals surface area contributed by atoms with Gasteiger partial charge in [-0.2, -0.15) is 0 Å². The average molecular weight is 356 g/mol. The molecule has 1 aromatic heterocycles. The van der Waals surface area contributed by atoms with Gasteiger partial charge in [0.1, 0.15) is 5.69 Å². The van der Waals surface area contributed by atoms with Crippen LogP contribution in [0.2, 0.25) is 0 Å².